The molecule has 3 nitrogen and oxygen atoms in total. The second-order valence-corrected chi connectivity index (χ2v) is 5.68. The van der Waals surface area contributed by atoms with Gasteiger partial charge in [-0.25, -0.2) is 0 Å². The summed E-state index contributed by atoms with van der Waals surface area (Å²) in [6, 6.07) is 3.00. The van der Waals surface area contributed by atoms with Gasteiger partial charge in [-0.1, -0.05) is 34.8 Å². The van der Waals surface area contributed by atoms with E-state index in [1.807, 2.05) is 0 Å². The lowest BCUT2D eigenvalue weighted by molar-refractivity contribution is 0.311. The maximum atomic E-state index is 10.7. The fourth-order valence-electron chi connectivity index (χ4n) is 0.866. The minimum atomic E-state index is -3.48. The van der Waals surface area contributed by atoms with Crippen LogP contribution in [0.3, 0.4) is 0 Å². The molecule has 0 N–H and O–H groups in total. The summed E-state index contributed by atoms with van der Waals surface area (Å²) in [6.07, 6.45) is 0.964. The molecule has 0 aliphatic heterocycles. The molecule has 0 saturated carbocycles. The van der Waals surface area contributed by atoms with Crippen LogP contribution in [0.15, 0.2) is 12.1 Å². The van der Waals surface area contributed by atoms with Crippen LogP contribution in [0.1, 0.15) is 5.56 Å². The van der Waals surface area contributed by atoms with Gasteiger partial charge in [0.1, 0.15) is 0 Å². The lowest BCUT2D eigenvalue weighted by atomic mass is 10.2. The average Bonchev–Trinajstić information content (AvgIpc) is 2.09. The number of benzene rings is 1. The van der Waals surface area contributed by atoms with Crippen LogP contribution >= 0.6 is 34.8 Å². The van der Waals surface area contributed by atoms with Crippen LogP contribution < -0.4 is 0 Å². The molecule has 0 fully saturated rings. The van der Waals surface area contributed by atoms with Gasteiger partial charge in [0.15, 0.2) is 0 Å². The number of hydrogen-bond acceptors (Lipinski definition) is 3. The highest BCUT2D eigenvalue weighted by Gasteiger charge is 2.08. The van der Waals surface area contributed by atoms with Gasteiger partial charge in [-0.3, -0.25) is 4.18 Å². The molecule has 0 atom stereocenters. The van der Waals surface area contributed by atoms with Crippen molar-refractivity contribution in [3.8, 4) is 0 Å². The first-order chi connectivity index (χ1) is 6.79. The van der Waals surface area contributed by atoms with E-state index in [2.05, 4.69) is 4.18 Å². The van der Waals surface area contributed by atoms with Crippen LogP contribution in [0.5, 0.6) is 0 Å². The highest BCUT2D eigenvalue weighted by molar-refractivity contribution is 7.85. The Labute approximate surface area is 103 Å². The first kappa shape index (κ1) is 13.1. The molecule has 7 heteroatoms. The van der Waals surface area contributed by atoms with Gasteiger partial charge in [0.2, 0.25) is 0 Å². The quantitative estimate of drug-likeness (QED) is 0.634. The predicted molar refractivity (Wildman–Crippen MR) is 61.1 cm³/mol. The van der Waals surface area contributed by atoms with Gasteiger partial charge in [0.25, 0.3) is 10.1 Å². The Kier molecular flexibility index (Phi) is 4.26. The molecular weight excluding hydrogens is 283 g/mol. The van der Waals surface area contributed by atoms with Crippen molar-refractivity contribution in [2.75, 3.05) is 6.26 Å². The second kappa shape index (κ2) is 4.89. The maximum Gasteiger partial charge on any atom is 0.264 e. The molecule has 84 valence electrons. The molecule has 0 amide bonds. The maximum absolute atomic E-state index is 10.7. The van der Waals surface area contributed by atoms with Crippen LogP contribution in [-0.2, 0) is 20.9 Å². The highest BCUT2D eigenvalue weighted by Crippen LogP contribution is 2.31. The van der Waals surface area contributed by atoms with Gasteiger partial charge in [-0.2, -0.15) is 8.42 Å². The zero-order chi connectivity index (χ0) is 11.6. The van der Waals surface area contributed by atoms with Crippen LogP contribution in [0.2, 0.25) is 15.1 Å². The first-order valence-electron chi connectivity index (χ1n) is 3.77. The predicted octanol–water partition coefficient (Wildman–Crippen LogP) is 3.12. The average molecular weight is 290 g/mol. The van der Waals surface area contributed by atoms with E-state index in [0.29, 0.717) is 5.56 Å². The number of rotatable bonds is 3. The molecule has 0 heterocycles. The zero-order valence-electron chi connectivity index (χ0n) is 7.63. The van der Waals surface area contributed by atoms with Gasteiger partial charge in [0, 0.05) is 0 Å². The summed E-state index contributed by atoms with van der Waals surface area (Å²) in [6.45, 7) is -0.116. The molecule has 15 heavy (non-hydrogen) atoms. The van der Waals surface area contributed by atoms with Crippen molar-refractivity contribution in [2.45, 2.75) is 6.61 Å². The largest absolute Gasteiger partial charge is 0.265 e. The Hall–Kier alpha value is -0.000000000000000167. The van der Waals surface area contributed by atoms with Crippen molar-refractivity contribution in [3.05, 3.63) is 32.8 Å². The Morgan fingerprint density at radius 3 is 2.07 bits per heavy atom. The normalized spacial score (nSPS) is 11.7. The summed E-state index contributed by atoms with van der Waals surface area (Å²) in [5, 5.41) is 0.758. The fraction of sp³-hybridized carbons (Fsp3) is 0.250. The van der Waals surface area contributed by atoms with E-state index in [-0.39, 0.29) is 21.7 Å². The monoisotopic (exact) mass is 288 g/mol. The SMILES string of the molecule is CS(=O)(=O)OCc1cc(Cl)c(Cl)c(Cl)c1. The van der Waals surface area contributed by atoms with Crippen LogP contribution in [-0.4, -0.2) is 14.7 Å². The van der Waals surface area contributed by atoms with Gasteiger partial charge in [0.05, 0.1) is 27.9 Å². The number of halogens is 3. The number of hydrogen-bond donors (Lipinski definition) is 0. The third kappa shape index (κ3) is 4.17. The van der Waals surface area contributed by atoms with E-state index < -0.39 is 10.1 Å². The van der Waals surface area contributed by atoms with E-state index in [4.69, 9.17) is 34.8 Å². The summed E-state index contributed by atoms with van der Waals surface area (Å²) >= 11 is 17.2. The standard InChI is InChI=1S/C8H7Cl3O3S/c1-15(12,13)14-4-5-2-6(9)8(11)7(10)3-5/h2-3H,4H2,1H3. The molecule has 1 aromatic rings. The van der Waals surface area contributed by atoms with E-state index in [0.717, 1.165) is 6.26 Å². The van der Waals surface area contributed by atoms with Gasteiger partial charge < -0.3 is 0 Å². The van der Waals surface area contributed by atoms with Crippen LogP contribution in [0.25, 0.3) is 0 Å². The molecular formula is C8H7Cl3O3S. The van der Waals surface area contributed by atoms with E-state index in [9.17, 15) is 8.42 Å². The van der Waals surface area contributed by atoms with Crippen molar-refractivity contribution in [2.24, 2.45) is 0 Å². The molecule has 0 unspecified atom stereocenters. The molecule has 0 aliphatic carbocycles. The van der Waals surface area contributed by atoms with Gasteiger partial charge in [-0.05, 0) is 17.7 Å². The van der Waals surface area contributed by atoms with Crippen LogP contribution in [0, 0.1) is 0 Å². The minimum absolute atomic E-state index is 0.116. The molecule has 0 spiro atoms. The lowest BCUT2D eigenvalue weighted by Crippen LogP contribution is -2.02. The fourth-order valence-corrected chi connectivity index (χ4v) is 1.86. The highest BCUT2D eigenvalue weighted by atomic mass is 35.5. The molecule has 0 bridgehead atoms. The van der Waals surface area contributed by atoms with E-state index >= 15 is 0 Å². The Morgan fingerprint density at radius 1 is 1.20 bits per heavy atom. The summed E-state index contributed by atoms with van der Waals surface area (Å²) < 4.78 is 26.0. The molecule has 0 aliphatic rings. The molecule has 0 radical (unpaired) electrons. The first-order valence-corrected chi connectivity index (χ1v) is 6.72. The zero-order valence-corrected chi connectivity index (χ0v) is 10.7. The van der Waals surface area contributed by atoms with Crippen LogP contribution in [0.4, 0.5) is 0 Å². The van der Waals surface area contributed by atoms with Crippen molar-refractivity contribution >= 4 is 44.9 Å². The summed E-state index contributed by atoms with van der Waals surface area (Å²) in [4.78, 5) is 0. The second-order valence-electron chi connectivity index (χ2n) is 2.84. The summed E-state index contributed by atoms with van der Waals surface area (Å²) in [5.74, 6) is 0. The smallest absolute Gasteiger partial charge is 0.264 e. The molecule has 0 saturated heterocycles. The van der Waals surface area contributed by atoms with Crippen molar-refractivity contribution in [1.29, 1.82) is 0 Å². The summed E-state index contributed by atoms with van der Waals surface area (Å²) in [7, 11) is -3.48. The topological polar surface area (TPSA) is 43.4 Å². The third-order valence-electron chi connectivity index (χ3n) is 1.48. The van der Waals surface area contributed by atoms with E-state index in [1.54, 1.807) is 0 Å². The van der Waals surface area contributed by atoms with Crippen molar-refractivity contribution in [1.82, 2.24) is 0 Å². The Balaban J connectivity index is 2.89. The molecule has 1 aromatic carbocycles. The Bertz CT molecular complexity index is 447. The molecule has 0 aromatic heterocycles. The Morgan fingerprint density at radius 2 is 1.67 bits per heavy atom. The van der Waals surface area contributed by atoms with Crippen molar-refractivity contribution in [3.63, 3.8) is 0 Å². The third-order valence-corrected chi connectivity index (χ3v) is 3.23. The van der Waals surface area contributed by atoms with E-state index in [1.165, 1.54) is 12.1 Å². The van der Waals surface area contributed by atoms with Crippen molar-refractivity contribution < 1.29 is 12.6 Å². The van der Waals surface area contributed by atoms with Gasteiger partial charge >= 0.3 is 0 Å². The summed E-state index contributed by atoms with van der Waals surface area (Å²) in [5.41, 5.74) is 0.542. The molecule has 1 rings (SSSR count). The van der Waals surface area contributed by atoms with Gasteiger partial charge in [-0.15, -0.1) is 0 Å². The lowest BCUT2D eigenvalue weighted by Gasteiger charge is -2.05. The minimum Gasteiger partial charge on any atom is -0.265 e.